The zero-order valence-corrected chi connectivity index (χ0v) is 11.7. The predicted octanol–water partition coefficient (Wildman–Crippen LogP) is 3.54. The smallest absolute Gasteiger partial charge is 0.337 e. The number of hydrogen-bond donors (Lipinski definition) is 2. The monoisotopic (exact) mass is 247 g/mol. The summed E-state index contributed by atoms with van der Waals surface area (Å²) < 4.78 is 0. The second kappa shape index (κ2) is 3.74. The molecule has 1 saturated carbocycles. The Morgan fingerprint density at radius 2 is 1.78 bits per heavy atom. The van der Waals surface area contributed by atoms with Gasteiger partial charge >= 0.3 is 5.97 Å². The van der Waals surface area contributed by atoms with E-state index in [1.165, 1.54) is 0 Å². The first-order valence-electron chi connectivity index (χ1n) is 6.29. The van der Waals surface area contributed by atoms with Gasteiger partial charge < -0.3 is 10.4 Å². The van der Waals surface area contributed by atoms with Crippen LogP contribution in [0.3, 0.4) is 0 Å². The van der Waals surface area contributed by atoms with Gasteiger partial charge in [-0.2, -0.15) is 0 Å². The molecule has 3 nitrogen and oxygen atoms in total. The molecule has 0 radical (unpaired) electrons. The van der Waals surface area contributed by atoms with Crippen molar-refractivity contribution in [2.45, 2.75) is 40.7 Å². The number of benzene rings is 1. The highest BCUT2D eigenvalue weighted by Gasteiger charge is 2.65. The third-order valence-corrected chi connectivity index (χ3v) is 4.81. The number of carboxylic acids is 1. The number of nitrogens with one attached hydrogen (secondary N) is 1. The van der Waals surface area contributed by atoms with Crippen molar-refractivity contribution >= 4 is 11.7 Å². The summed E-state index contributed by atoms with van der Waals surface area (Å²) in [6.07, 6.45) is 0. The lowest BCUT2D eigenvalue weighted by Gasteiger charge is -2.14. The molecule has 1 aliphatic rings. The zero-order chi connectivity index (χ0) is 13.7. The maximum Gasteiger partial charge on any atom is 0.337 e. The molecular formula is C15H21NO2. The number of hydrogen-bond acceptors (Lipinski definition) is 2. The van der Waals surface area contributed by atoms with Crippen LogP contribution in [0, 0.1) is 17.8 Å². The molecule has 0 amide bonds. The lowest BCUT2D eigenvalue weighted by atomic mass is 10.0. The van der Waals surface area contributed by atoms with Crippen LogP contribution in [-0.4, -0.2) is 17.1 Å². The van der Waals surface area contributed by atoms with Gasteiger partial charge in [-0.15, -0.1) is 0 Å². The van der Waals surface area contributed by atoms with Gasteiger partial charge in [0.15, 0.2) is 0 Å². The van der Waals surface area contributed by atoms with Gasteiger partial charge in [0, 0.05) is 6.04 Å². The first-order chi connectivity index (χ1) is 8.19. The van der Waals surface area contributed by atoms with Crippen LogP contribution in [-0.2, 0) is 0 Å². The maximum absolute atomic E-state index is 11.3. The van der Waals surface area contributed by atoms with Gasteiger partial charge in [-0.05, 0) is 29.4 Å². The van der Waals surface area contributed by atoms with Gasteiger partial charge in [0.05, 0.1) is 11.3 Å². The van der Waals surface area contributed by atoms with E-state index in [2.05, 4.69) is 33.0 Å². The number of rotatable bonds is 3. The molecule has 0 aromatic heterocycles. The van der Waals surface area contributed by atoms with Crippen molar-refractivity contribution in [2.75, 3.05) is 5.32 Å². The number of anilines is 1. The molecule has 2 rings (SSSR count). The van der Waals surface area contributed by atoms with Gasteiger partial charge in [0.1, 0.15) is 0 Å². The molecule has 0 saturated heterocycles. The highest BCUT2D eigenvalue weighted by atomic mass is 16.4. The van der Waals surface area contributed by atoms with Crippen LogP contribution >= 0.6 is 0 Å². The summed E-state index contributed by atoms with van der Waals surface area (Å²) in [5.74, 6) is -0.877. The number of carboxylic acid groups (broad SMARTS) is 1. The SMILES string of the molecule is Cc1cccc(C(=O)O)c1NC1C(C)(C)C1(C)C. The van der Waals surface area contributed by atoms with Crippen LogP contribution in [0.15, 0.2) is 18.2 Å². The van der Waals surface area contributed by atoms with E-state index in [9.17, 15) is 9.90 Å². The first kappa shape index (κ1) is 12.9. The standard InChI is InChI=1S/C15H21NO2/c1-9-7-6-8-10(12(17)18)11(9)16-13-14(2,3)15(13,4)5/h6-8,13,16H,1-5H3,(H,17,18). The molecule has 1 aromatic rings. The topological polar surface area (TPSA) is 49.3 Å². The van der Waals surface area contributed by atoms with Gasteiger partial charge in [0.25, 0.3) is 0 Å². The predicted molar refractivity (Wildman–Crippen MR) is 73.1 cm³/mol. The summed E-state index contributed by atoms with van der Waals surface area (Å²) in [7, 11) is 0. The molecule has 0 atom stereocenters. The second-order valence-electron chi connectivity index (χ2n) is 6.32. The Morgan fingerprint density at radius 1 is 1.22 bits per heavy atom. The minimum Gasteiger partial charge on any atom is -0.478 e. The molecule has 0 heterocycles. The molecule has 1 aliphatic carbocycles. The third-order valence-electron chi connectivity index (χ3n) is 4.81. The molecule has 1 fully saturated rings. The van der Waals surface area contributed by atoms with Crippen molar-refractivity contribution < 1.29 is 9.90 Å². The van der Waals surface area contributed by atoms with E-state index in [0.29, 0.717) is 11.6 Å². The van der Waals surface area contributed by atoms with Crippen molar-refractivity contribution in [2.24, 2.45) is 10.8 Å². The zero-order valence-electron chi connectivity index (χ0n) is 11.7. The fourth-order valence-electron chi connectivity index (χ4n) is 2.74. The van der Waals surface area contributed by atoms with Gasteiger partial charge in [-0.1, -0.05) is 39.8 Å². The number of carbonyl (C=O) groups is 1. The molecule has 0 bridgehead atoms. The van der Waals surface area contributed by atoms with Gasteiger partial charge in [0.2, 0.25) is 0 Å². The molecule has 3 heteroatoms. The minimum absolute atomic E-state index is 0.186. The highest BCUT2D eigenvalue weighted by Crippen LogP contribution is 2.63. The third kappa shape index (κ3) is 1.69. The molecular weight excluding hydrogens is 226 g/mol. The summed E-state index contributed by atoms with van der Waals surface area (Å²) in [5.41, 5.74) is 2.46. The minimum atomic E-state index is -0.877. The van der Waals surface area contributed by atoms with E-state index in [1.807, 2.05) is 13.0 Å². The lowest BCUT2D eigenvalue weighted by molar-refractivity contribution is 0.0698. The lowest BCUT2D eigenvalue weighted by Crippen LogP contribution is -2.14. The molecule has 98 valence electrons. The Hall–Kier alpha value is -1.51. The summed E-state index contributed by atoms with van der Waals surface area (Å²) >= 11 is 0. The Balaban J connectivity index is 2.34. The van der Waals surface area contributed by atoms with Crippen LogP contribution < -0.4 is 5.32 Å². The Kier molecular flexibility index (Phi) is 2.69. The van der Waals surface area contributed by atoms with Gasteiger partial charge in [-0.25, -0.2) is 4.79 Å². The molecule has 0 unspecified atom stereocenters. The summed E-state index contributed by atoms with van der Waals surface area (Å²) in [5, 5.41) is 12.7. The summed E-state index contributed by atoms with van der Waals surface area (Å²) in [6.45, 7) is 10.8. The number of para-hydroxylation sites is 1. The number of aryl methyl sites for hydroxylation is 1. The Bertz CT molecular complexity index is 489. The van der Waals surface area contributed by atoms with Crippen LogP contribution in [0.1, 0.15) is 43.6 Å². The van der Waals surface area contributed by atoms with Crippen LogP contribution in [0.2, 0.25) is 0 Å². The Labute approximate surface area is 108 Å². The molecule has 0 spiro atoms. The van der Waals surface area contributed by atoms with Crippen molar-refractivity contribution in [1.29, 1.82) is 0 Å². The largest absolute Gasteiger partial charge is 0.478 e. The highest BCUT2D eigenvalue weighted by molar-refractivity contribution is 5.95. The number of aromatic carboxylic acids is 1. The summed E-state index contributed by atoms with van der Waals surface area (Å²) in [6, 6.07) is 5.69. The van der Waals surface area contributed by atoms with Crippen molar-refractivity contribution in [3.8, 4) is 0 Å². The van der Waals surface area contributed by atoms with Crippen LogP contribution in [0.25, 0.3) is 0 Å². The average Bonchev–Trinajstić information content (AvgIpc) is 2.62. The summed E-state index contributed by atoms with van der Waals surface area (Å²) in [4.78, 5) is 11.3. The van der Waals surface area contributed by atoms with E-state index in [1.54, 1.807) is 12.1 Å². The van der Waals surface area contributed by atoms with Crippen molar-refractivity contribution in [1.82, 2.24) is 0 Å². The van der Waals surface area contributed by atoms with E-state index >= 15 is 0 Å². The average molecular weight is 247 g/mol. The molecule has 0 aliphatic heterocycles. The van der Waals surface area contributed by atoms with E-state index in [0.717, 1.165) is 11.3 Å². The van der Waals surface area contributed by atoms with E-state index in [4.69, 9.17) is 0 Å². The normalized spacial score (nSPS) is 20.5. The Morgan fingerprint density at radius 3 is 2.22 bits per heavy atom. The maximum atomic E-state index is 11.3. The van der Waals surface area contributed by atoms with E-state index < -0.39 is 5.97 Å². The van der Waals surface area contributed by atoms with E-state index in [-0.39, 0.29) is 10.8 Å². The van der Waals surface area contributed by atoms with Crippen LogP contribution in [0.5, 0.6) is 0 Å². The molecule has 1 aromatic carbocycles. The second-order valence-corrected chi connectivity index (χ2v) is 6.32. The fourth-order valence-corrected chi connectivity index (χ4v) is 2.74. The van der Waals surface area contributed by atoms with Gasteiger partial charge in [-0.3, -0.25) is 0 Å². The molecule has 2 N–H and O–H groups in total. The first-order valence-corrected chi connectivity index (χ1v) is 6.29. The quantitative estimate of drug-likeness (QED) is 0.859. The van der Waals surface area contributed by atoms with Crippen LogP contribution in [0.4, 0.5) is 5.69 Å². The molecule has 18 heavy (non-hydrogen) atoms. The van der Waals surface area contributed by atoms with Crippen molar-refractivity contribution in [3.63, 3.8) is 0 Å². The van der Waals surface area contributed by atoms with Crippen molar-refractivity contribution in [3.05, 3.63) is 29.3 Å². The fraction of sp³-hybridized carbons (Fsp3) is 0.533.